The zero-order chi connectivity index (χ0) is 32.9. The first-order valence-corrected chi connectivity index (χ1v) is 20.5. The minimum absolute atomic E-state index is 0.0437. The molecule has 0 bridgehead atoms. The van der Waals surface area contributed by atoms with Gasteiger partial charge in [-0.15, -0.1) is 0 Å². The van der Waals surface area contributed by atoms with Crippen LogP contribution in [0.2, 0.25) is 18.1 Å². The largest absolute Gasteiger partial charge is 0.494 e. The molecule has 3 unspecified atom stereocenters. The Labute approximate surface area is 274 Å². The van der Waals surface area contributed by atoms with Gasteiger partial charge in [0.15, 0.2) is 14.6 Å². The highest BCUT2D eigenvalue weighted by Crippen LogP contribution is 2.53. The number of carboxylic acid groups (broad SMARTS) is 1. The molecule has 45 heavy (non-hydrogen) atoms. The van der Waals surface area contributed by atoms with E-state index in [0.29, 0.717) is 25.9 Å². The van der Waals surface area contributed by atoms with Crippen LogP contribution in [-0.2, 0) is 18.7 Å². The van der Waals surface area contributed by atoms with E-state index in [-0.39, 0.29) is 28.8 Å². The van der Waals surface area contributed by atoms with E-state index >= 15 is 0 Å². The van der Waals surface area contributed by atoms with E-state index in [4.69, 9.17) is 18.6 Å². The Balaban J connectivity index is 1.69. The Morgan fingerprint density at radius 1 is 1.13 bits per heavy atom. The summed E-state index contributed by atoms with van der Waals surface area (Å²) >= 11 is 0. The Kier molecular flexibility index (Phi) is 15.1. The average Bonchev–Trinajstić information content (AvgIpc) is 3.24. The molecule has 1 aliphatic heterocycles. The number of carbonyl (C=O) groups is 1. The average molecular weight is 647 g/mol. The molecule has 0 aromatic heterocycles. The number of para-hydroxylation sites is 1. The highest BCUT2D eigenvalue weighted by Gasteiger charge is 2.54. The quantitative estimate of drug-likeness (QED) is 0.0880. The lowest BCUT2D eigenvalue weighted by atomic mass is 9.68. The standard InChI is InChI=1S/C37H62O7Si/c1-7-8-24-37(25-16-10-13-22-31(35(39)40)44-45(5,6)36(2,3)4)30(21-14-17-26-41-29-19-11-9-12-20-29)32(28-33(37)38)43-34-23-15-18-27-42-34/h9-12,16,19-20,30-34,38H,7-8,13-15,17-18,21-28H2,1-6H3,(H,39,40)/t30-,31?,32?,33-,34?,37+/m0/s1. The summed E-state index contributed by atoms with van der Waals surface area (Å²) in [6.45, 7) is 14.2. The van der Waals surface area contributed by atoms with Gasteiger partial charge in [-0.3, -0.25) is 0 Å². The van der Waals surface area contributed by atoms with Gasteiger partial charge >= 0.3 is 5.97 Å². The molecular formula is C37H62O7Si. The van der Waals surface area contributed by atoms with E-state index in [2.05, 4.69) is 52.9 Å². The monoisotopic (exact) mass is 646 g/mol. The van der Waals surface area contributed by atoms with Gasteiger partial charge < -0.3 is 28.8 Å². The lowest BCUT2D eigenvalue weighted by Crippen LogP contribution is -2.46. The van der Waals surface area contributed by atoms with Gasteiger partial charge in [-0.05, 0) is 100 Å². The van der Waals surface area contributed by atoms with E-state index in [9.17, 15) is 15.0 Å². The molecule has 1 saturated carbocycles. The molecule has 256 valence electrons. The zero-order valence-electron chi connectivity index (χ0n) is 29.0. The maximum atomic E-state index is 12.1. The third kappa shape index (κ3) is 11.2. The van der Waals surface area contributed by atoms with Crippen molar-refractivity contribution in [2.75, 3.05) is 13.2 Å². The van der Waals surface area contributed by atoms with Gasteiger partial charge in [0.1, 0.15) is 11.9 Å². The molecule has 1 heterocycles. The fraction of sp³-hybridized carbons (Fsp3) is 0.757. The molecule has 1 aromatic carbocycles. The summed E-state index contributed by atoms with van der Waals surface area (Å²) in [5, 5.41) is 21.6. The summed E-state index contributed by atoms with van der Waals surface area (Å²) in [5.41, 5.74) is -0.282. The number of hydrogen-bond donors (Lipinski definition) is 2. The van der Waals surface area contributed by atoms with Crippen LogP contribution in [0.3, 0.4) is 0 Å². The van der Waals surface area contributed by atoms with Crippen LogP contribution in [0, 0.1) is 11.3 Å². The molecule has 1 aromatic rings. The van der Waals surface area contributed by atoms with Crippen LogP contribution in [0.25, 0.3) is 0 Å². The van der Waals surface area contributed by atoms with Crippen molar-refractivity contribution in [1.82, 2.24) is 0 Å². The number of aliphatic hydroxyl groups is 1. The van der Waals surface area contributed by atoms with Crippen molar-refractivity contribution in [2.45, 2.75) is 154 Å². The van der Waals surface area contributed by atoms with Gasteiger partial charge in [0.2, 0.25) is 0 Å². The van der Waals surface area contributed by atoms with Gasteiger partial charge in [-0.2, -0.15) is 0 Å². The second kappa shape index (κ2) is 18.0. The lowest BCUT2D eigenvalue weighted by Gasteiger charge is -2.40. The summed E-state index contributed by atoms with van der Waals surface area (Å²) in [6.07, 6.45) is 14.3. The summed E-state index contributed by atoms with van der Waals surface area (Å²) in [6, 6.07) is 9.95. The number of carboxylic acids is 1. The molecule has 1 aliphatic carbocycles. The van der Waals surface area contributed by atoms with Crippen LogP contribution in [-0.4, -0.2) is 62.3 Å². The maximum absolute atomic E-state index is 12.1. The van der Waals surface area contributed by atoms with Crippen LogP contribution >= 0.6 is 0 Å². The molecule has 0 radical (unpaired) electrons. The van der Waals surface area contributed by atoms with Crippen molar-refractivity contribution in [2.24, 2.45) is 11.3 Å². The maximum Gasteiger partial charge on any atom is 0.331 e. The first-order chi connectivity index (χ1) is 21.4. The molecule has 3 rings (SSSR count). The second-order valence-corrected chi connectivity index (χ2v) is 19.5. The number of allylic oxidation sites excluding steroid dienone is 2. The van der Waals surface area contributed by atoms with E-state index in [0.717, 1.165) is 76.6 Å². The van der Waals surface area contributed by atoms with Gasteiger partial charge in [-0.25, -0.2) is 4.79 Å². The molecule has 1 saturated heterocycles. The Bertz CT molecular complexity index is 1020. The highest BCUT2D eigenvalue weighted by atomic mass is 28.4. The molecule has 6 atom stereocenters. The van der Waals surface area contributed by atoms with E-state index in [1.165, 1.54) is 0 Å². The highest BCUT2D eigenvalue weighted by molar-refractivity contribution is 6.74. The smallest absolute Gasteiger partial charge is 0.331 e. The van der Waals surface area contributed by atoms with Crippen molar-refractivity contribution in [1.29, 1.82) is 0 Å². The number of hydrogen-bond acceptors (Lipinski definition) is 6. The van der Waals surface area contributed by atoms with E-state index < -0.39 is 26.5 Å². The van der Waals surface area contributed by atoms with Crippen LogP contribution in [0.15, 0.2) is 42.5 Å². The predicted octanol–water partition coefficient (Wildman–Crippen LogP) is 8.91. The lowest BCUT2D eigenvalue weighted by molar-refractivity contribution is -0.198. The van der Waals surface area contributed by atoms with Gasteiger partial charge in [0.05, 0.1) is 18.8 Å². The molecule has 8 heteroatoms. The molecule has 0 amide bonds. The fourth-order valence-corrected chi connectivity index (χ4v) is 8.01. The van der Waals surface area contributed by atoms with Crippen LogP contribution in [0.4, 0.5) is 0 Å². The molecule has 0 spiro atoms. The van der Waals surface area contributed by atoms with Gasteiger partial charge in [-0.1, -0.05) is 70.9 Å². The third-order valence-electron chi connectivity index (χ3n) is 10.5. The second-order valence-electron chi connectivity index (χ2n) is 14.8. The van der Waals surface area contributed by atoms with Gasteiger partial charge in [0, 0.05) is 18.4 Å². The SMILES string of the molecule is CCCC[C@]1(CC=CCCC(O[Si](C)(C)C(C)(C)C)C(=O)O)[C@@H](O)CC(OC2CCCCO2)[C@@H]1CCCCOc1ccccc1. The van der Waals surface area contributed by atoms with Crippen molar-refractivity contribution in [3.8, 4) is 5.75 Å². The molecule has 2 N–H and O–H groups in total. The zero-order valence-corrected chi connectivity index (χ0v) is 30.0. The fourth-order valence-electron chi connectivity index (χ4n) is 6.73. The minimum atomic E-state index is -2.20. The van der Waals surface area contributed by atoms with Gasteiger partial charge in [0.25, 0.3) is 0 Å². The van der Waals surface area contributed by atoms with E-state index in [1.54, 1.807) is 0 Å². The number of rotatable bonds is 19. The normalized spacial score (nSPS) is 26.7. The Morgan fingerprint density at radius 2 is 1.89 bits per heavy atom. The first-order valence-electron chi connectivity index (χ1n) is 17.6. The molecular weight excluding hydrogens is 584 g/mol. The summed E-state index contributed by atoms with van der Waals surface area (Å²) in [4.78, 5) is 12.1. The third-order valence-corrected chi connectivity index (χ3v) is 15.0. The van der Waals surface area contributed by atoms with Crippen molar-refractivity contribution in [3.63, 3.8) is 0 Å². The Hall–Kier alpha value is -1.71. The minimum Gasteiger partial charge on any atom is -0.494 e. The van der Waals surface area contributed by atoms with Crippen molar-refractivity contribution < 1.29 is 33.6 Å². The van der Waals surface area contributed by atoms with Crippen molar-refractivity contribution in [3.05, 3.63) is 42.5 Å². The topological polar surface area (TPSA) is 94.5 Å². The first kappa shape index (κ1) is 37.7. The molecule has 7 nitrogen and oxygen atoms in total. The van der Waals surface area contributed by atoms with Crippen LogP contribution in [0.1, 0.15) is 111 Å². The van der Waals surface area contributed by atoms with E-state index in [1.807, 2.05) is 30.3 Å². The number of benzene rings is 1. The summed E-state index contributed by atoms with van der Waals surface area (Å²) in [7, 11) is -2.20. The number of aliphatic hydroxyl groups excluding tert-OH is 1. The molecule has 2 aliphatic rings. The predicted molar refractivity (Wildman–Crippen MR) is 183 cm³/mol. The number of aliphatic carboxylic acids is 1. The van der Waals surface area contributed by atoms with Crippen LogP contribution in [0.5, 0.6) is 5.75 Å². The number of ether oxygens (including phenoxy) is 3. The van der Waals surface area contributed by atoms with Crippen LogP contribution < -0.4 is 4.74 Å². The number of unbranched alkanes of at least 4 members (excludes halogenated alkanes) is 2. The summed E-state index contributed by atoms with van der Waals surface area (Å²) in [5.74, 6) is 0.214. The summed E-state index contributed by atoms with van der Waals surface area (Å²) < 4.78 is 24.8. The Morgan fingerprint density at radius 3 is 2.53 bits per heavy atom. The molecule has 2 fully saturated rings. The van der Waals surface area contributed by atoms with Crippen molar-refractivity contribution >= 4 is 14.3 Å².